The van der Waals surface area contributed by atoms with Gasteiger partial charge in [-0.15, -0.1) is 0 Å². The molecule has 0 bridgehead atoms. The van der Waals surface area contributed by atoms with Gasteiger partial charge in [-0.05, 0) is 59.1 Å². The lowest BCUT2D eigenvalue weighted by Gasteiger charge is -2.12. The first-order valence-corrected chi connectivity index (χ1v) is 8.55. The zero-order chi connectivity index (χ0) is 15.6. The largest absolute Gasteiger partial charge is 0.326 e. The van der Waals surface area contributed by atoms with Gasteiger partial charge in [-0.25, -0.2) is 8.42 Å². The number of nitrogens with two attached hydrogens (primary N) is 1. The number of nitrogens with one attached hydrogen (secondary N) is 1. The molecule has 7 heteroatoms. The Hall–Kier alpha value is -1.44. The normalized spacial score (nSPS) is 11.4. The molecule has 2 rings (SSSR count). The van der Waals surface area contributed by atoms with Crippen LogP contribution in [-0.4, -0.2) is 13.4 Å². The van der Waals surface area contributed by atoms with Crippen molar-refractivity contribution < 1.29 is 8.42 Å². The minimum atomic E-state index is -3.70. The van der Waals surface area contributed by atoms with E-state index >= 15 is 0 Å². The standard InChI is InChI=1S/C14H16BrN3O2S/c1-9-5-11(7-16)6-13(14(9)15)21(19,20)18-12-4-3-10(2)17-8-12/h3-6,8,18H,7,16H2,1-2H3. The zero-order valence-corrected chi connectivity index (χ0v) is 14.1. The van der Waals surface area contributed by atoms with Crippen LogP contribution in [-0.2, 0) is 16.6 Å². The van der Waals surface area contributed by atoms with Crippen LogP contribution in [0.15, 0.2) is 39.8 Å². The fourth-order valence-corrected chi connectivity index (χ4v) is 3.97. The molecule has 3 N–H and O–H groups in total. The third-order valence-corrected chi connectivity index (χ3v) is 5.69. The number of benzene rings is 1. The molecule has 1 aromatic heterocycles. The predicted molar refractivity (Wildman–Crippen MR) is 86.6 cm³/mol. The molecule has 2 aromatic rings. The van der Waals surface area contributed by atoms with E-state index in [1.165, 1.54) is 6.20 Å². The van der Waals surface area contributed by atoms with Crippen LogP contribution in [0.4, 0.5) is 5.69 Å². The van der Waals surface area contributed by atoms with Crippen LogP contribution in [0.2, 0.25) is 0 Å². The molecule has 1 heterocycles. The summed E-state index contributed by atoms with van der Waals surface area (Å²) in [6.45, 7) is 3.95. The second-order valence-corrected chi connectivity index (χ2v) is 7.17. The van der Waals surface area contributed by atoms with Gasteiger partial charge in [0, 0.05) is 16.7 Å². The molecule has 0 aliphatic carbocycles. The molecule has 0 spiro atoms. The maximum atomic E-state index is 12.5. The molecule has 1 aromatic carbocycles. The van der Waals surface area contributed by atoms with Crippen LogP contribution in [0, 0.1) is 13.8 Å². The lowest BCUT2D eigenvalue weighted by Crippen LogP contribution is -2.15. The predicted octanol–water partition coefficient (Wildman–Crippen LogP) is 2.72. The zero-order valence-electron chi connectivity index (χ0n) is 11.7. The van der Waals surface area contributed by atoms with Gasteiger partial charge in [0.05, 0.1) is 11.9 Å². The highest BCUT2D eigenvalue weighted by Crippen LogP contribution is 2.28. The Kier molecular flexibility index (Phi) is 4.65. The molecule has 112 valence electrons. The number of aromatic nitrogens is 1. The first-order chi connectivity index (χ1) is 9.83. The van der Waals surface area contributed by atoms with E-state index in [0.717, 1.165) is 16.8 Å². The number of hydrogen-bond donors (Lipinski definition) is 2. The third-order valence-electron chi connectivity index (χ3n) is 2.97. The second kappa shape index (κ2) is 6.13. The number of sulfonamides is 1. The summed E-state index contributed by atoms with van der Waals surface area (Å²) in [4.78, 5) is 4.24. The lowest BCUT2D eigenvalue weighted by molar-refractivity contribution is 0.600. The molecule has 0 amide bonds. The molecule has 0 aliphatic rings. The van der Waals surface area contributed by atoms with Crippen LogP contribution in [0.5, 0.6) is 0 Å². The summed E-state index contributed by atoms with van der Waals surface area (Å²) in [7, 11) is -3.70. The summed E-state index contributed by atoms with van der Waals surface area (Å²) in [6.07, 6.45) is 1.49. The van der Waals surface area contributed by atoms with E-state index in [1.807, 2.05) is 19.9 Å². The van der Waals surface area contributed by atoms with Crippen LogP contribution in [0.25, 0.3) is 0 Å². The Balaban J connectivity index is 2.44. The highest BCUT2D eigenvalue weighted by atomic mass is 79.9. The van der Waals surface area contributed by atoms with Crippen LogP contribution < -0.4 is 10.5 Å². The van der Waals surface area contributed by atoms with Gasteiger partial charge in [-0.1, -0.05) is 6.07 Å². The van der Waals surface area contributed by atoms with E-state index in [4.69, 9.17) is 5.73 Å². The molecular formula is C14H16BrN3O2S. The van der Waals surface area contributed by atoms with E-state index in [1.54, 1.807) is 18.2 Å². The van der Waals surface area contributed by atoms with Crippen LogP contribution >= 0.6 is 15.9 Å². The van der Waals surface area contributed by atoms with E-state index in [9.17, 15) is 8.42 Å². The molecular weight excluding hydrogens is 354 g/mol. The average Bonchev–Trinajstić information content (AvgIpc) is 2.43. The number of nitrogens with zero attached hydrogens (tertiary/aromatic N) is 1. The first kappa shape index (κ1) is 15.9. The second-order valence-electron chi connectivity index (χ2n) is 4.72. The van der Waals surface area contributed by atoms with E-state index in [2.05, 4.69) is 25.6 Å². The maximum Gasteiger partial charge on any atom is 0.263 e. The minimum Gasteiger partial charge on any atom is -0.326 e. The number of hydrogen-bond acceptors (Lipinski definition) is 4. The molecule has 0 saturated carbocycles. The highest BCUT2D eigenvalue weighted by molar-refractivity contribution is 9.10. The molecule has 0 fully saturated rings. The quantitative estimate of drug-likeness (QED) is 0.867. The van der Waals surface area contributed by atoms with Crippen molar-refractivity contribution in [2.24, 2.45) is 5.73 Å². The highest BCUT2D eigenvalue weighted by Gasteiger charge is 2.20. The van der Waals surface area contributed by atoms with Crippen LogP contribution in [0.3, 0.4) is 0 Å². The fourth-order valence-electron chi connectivity index (χ4n) is 1.86. The number of anilines is 1. The number of aryl methyl sites for hydroxylation is 2. The molecule has 5 nitrogen and oxygen atoms in total. The summed E-state index contributed by atoms with van der Waals surface area (Å²) < 4.78 is 28.1. The minimum absolute atomic E-state index is 0.170. The summed E-state index contributed by atoms with van der Waals surface area (Å²) >= 11 is 3.33. The topological polar surface area (TPSA) is 85.1 Å². The van der Waals surface area contributed by atoms with Gasteiger partial charge in [0.1, 0.15) is 4.90 Å². The van der Waals surface area contributed by atoms with Gasteiger partial charge in [0.15, 0.2) is 0 Å². The van der Waals surface area contributed by atoms with Crippen LogP contribution in [0.1, 0.15) is 16.8 Å². The average molecular weight is 370 g/mol. The van der Waals surface area contributed by atoms with Gasteiger partial charge < -0.3 is 5.73 Å². The monoisotopic (exact) mass is 369 g/mol. The molecule has 0 radical (unpaired) electrons. The number of rotatable bonds is 4. The van der Waals surface area contributed by atoms with Gasteiger partial charge >= 0.3 is 0 Å². The fraction of sp³-hybridized carbons (Fsp3) is 0.214. The van der Waals surface area contributed by atoms with Gasteiger partial charge in [-0.3, -0.25) is 9.71 Å². The van der Waals surface area contributed by atoms with Crippen molar-refractivity contribution in [3.05, 3.63) is 51.8 Å². The lowest BCUT2D eigenvalue weighted by atomic mass is 10.1. The molecule has 0 saturated heterocycles. The number of pyridine rings is 1. The van der Waals surface area contributed by atoms with Gasteiger partial charge in [-0.2, -0.15) is 0 Å². The van der Waals surface area contributed by atoms with Crippen molar-refractivity contribution in [2.75, 3.05) is 4.72 Å². The van der Waals surface area contributed by atoms with Crippen molar-refractivity contribution in [3.8, 4) is 0 Å². The molecule has 0 atom stereocenters. The Bertz CT molecular complexity index is 759. The Labute approximate surface area is 132 Å². The third kappa shape index (κ3) is 3.61. The maximum absolute atomic E-state index is 12.5. The Morgan fingerprint density at radius 3 is 2.57 bits per heavy atom. The molecule has 0 unspecified atom stereocenters. The van der Waals surface area contributed by atoms with Crippen molar-refractivity contribution in [1.82, 2.24) is 4.98 Å². The smallest absolute Gasteiger partial charge is 0.263 e. The summed E-state index contributed by atoms with van der Waals surface area (Å²) in [5.74, 6) is 0. The van der Waals surface area contributed by atoms with Crippen molar-refractivity contribution in [3.63, 3.8) is 0 Å². The Morgan fingerprint density at radius 1 is 1.29 bits per heavy atom. The van der Waals surface area contributed by atoms with Crippen molar-refractivity contribution >= 4 is 31.6 Å². The van der Waals surface area contributed by atoms with E-state index < -0.39 is 10.0 Å². The molecule has 0 aliphatic heterocycles. The van der Waals surface area contributed by atoms with Gasteiger partial charge in [0.2, 0.25) is 0 Å². The number of halogens is 1. The first-order valence-electron chi connectivity index (χ1n) is 6.28. The molecule has 21 heavy (non-hydrogen) atoms. The van der Waals surface area contributed by atoms with Crippen molar-refractivity contribution in [1.29, 1.82) is 0 Å². The summed E-state index contributed by atoms with van der Waals surface area (Å²) in [5, 5.41) is 0. The van der Waals surface area contributed by atoms with E-state index in [-0.39, 0.29) is 11.4 Å². The summed E-state index contributed by atoms with van der Waals surface area (Å²) in [6, 6.07) is 6.85. The SMILES string of the molecule is Cc1ccc(NS(=O)(=O)c2cc(CN)cc(C)c2Br)cn1. The summed E-state index contributed by atoms with van der Waals surface area (Å²) in [5.41, 5.74) is 8.43. The van der Waals surface area contributed by atoms with Gasteiger partial charge in [0.25, 0.3) is 10.0 Å². The Morgan fingerprint density at radius 2 is 2.00 bits per heavy atom. The van der Waals surface area contributed by atoms with Crippen molar-refractivity contribution in [2.45, 2.75) is 25.3 Å². The van der Waals surface area contributed by atoms with E-state index in [0.29, 0.717) is 10.2 Å².